The lowest BCUT2D eigenvalue weighted by atomic mass is 10.0. The van der Waals surface area contributed by atoms with Crippen molar-refractivity contribution in [3.63, 3.8) is 0 Å². The molecule has 2 N–H and O–H groups in total. The molecule has 3 rings (SSSR count). The van der Waals surface area contributed by atoms with Crippen molar-refractivity contribution in [3.8, 4) is 11.1 Å². The second-order valence-corrected chi connectivity index (χ2v) is 5.86. The molecule has 1 unspecified atom stereocenters. The minimum absolute atomic E-state index is 0.285. The van der Waals surface area contributed by atoms with E-state index in [2.05, 4.69) is 54.7 Å². The number of aliphatic hydroxyl groups is 1. The summed E-state index contributed by atoms with van der Waals surface area (Å²) in [5.41, 5.74) is 7.01. The van der Waals surface area contributed by atoms with Gasteiger partial charge in [0.1, 0.15) is 0 Å². The van der Waals surface area contributed by atoms with E-state index < -0.39 is 0 Å². The first kappa shape index (κ1) is 14.3. The van der Waals surface area contributed by atoms with E-state index in [1.54, 1.807) is 0 Å². The van der Waals surface area contributed by atoms with Crippen molar-refractivity contribution >= 4 is 0 Å². The van der Waals surface area contributed by atoms with E-state index >= 15 is 0 Å². The zero-order chi connectivity index (χ0) is 14.7. The quantitative estimate of drug-likeness (QED) is 0.676. The predicted octanol–water partition coefficient (Wildman–Crippen LogP) is 3.68. The van der Waals surface area contributed by atoms with Crippen LogP contribution < -0.4 is 5.32 Å². The Hall–Kier alpha value is -1.64. The van der Waals surface area contributed by atoms with Gasteiger partial charge < -0.3 is 10.4 Å². The summed E-state index contributed by atoms with van der Waals surface area (Å²) in [7, 11) is 0. The van der Waals surface area contributed by atoms with Crippen LogP contribution in [0.25, 0.3) is 11.1 Å². The van der Waals surface area contributed by atoms with Crippen LogP contribution in [0, 0.1) is 0 Å². The summed E-state index contributed by atoms with van der Waals surface area (Å²) in [4.78, 5) is 0. The summed E-state index contributed by atoms with van der Waals surface area (Å²) < 4.78 is 0. The molecule has 0 bridgehead atoms. The topological polar surface area (TPSA) is 32.3 Å². The van der Waals surface area contributed by atoms with Gasteiger partial charge >= 0.3 is 0 Å². The van der Waals surface area contributed by atoms with Crippen LogP contribution in [0.1, 0.15) is 42.5 Å². The average Bonchev–Trinajstić information content (AvgIpc) is 2.89. The molecule has 2 aromatic carbocycles. The number of aliphatic hydroxyl groups excluding tert-OH is 1. The monoisotopic (exact) mass is 281 g/mol. The molecule has 1 atom stereocenters. The largest absolute Gasteiger partial charge is 0.396 e. The zero-order valence-electron chi connectivity index (χ0n) is 12.6. The van der Waals surface area contributed by atoms with Gasteiger partial charge in [-0.15, -0.1) is 0 Å². The highest BCUT2D eigenvalue weighted by Crippen LogP contribution is 2.37. The van der Waals surface area contributed by atoms with Crippen molar-refractivity contribution in [2.75, 3.05) is 13.2 Å². The molecule has 2 aromatic rings. The minimum atomic E-state index is 0.285. The molecule has 0 radical (unpaired) electrons. The molecule has 0 amide bonds. The molecule has 0 saturated carbocycles. The fourth-order valence-corrected chi connectivity index (χ4v) is 3.11. The number of benzene rings is 2. The van der Waals surface area contributed by atoms with Crippen molar-refractivity contribution in [1.82, 2.24) is 5.32 Å². The second kappa shape index (κ2) is 6.42. The Kier molecular flexibility index (Phi) is 4.37. The third-order valence-corrected chi connectivity index (χ3v) is 4.35. The van der Waals surface area contributed by atoms with Gasteiger partial charge in [-0.25, -0.2) is 0 Å². The van der Waals surface area contributed by atoms with Crippen LogP contribution >= 0.6 is 0 Å². The van der Waals surface area contributed by atoms with Crippen LogP contribution in [0.15, 0.2) is 42.5 Å². The minimum Gasteiger partial charge on any atom is -0.396 e. The highest BCUT2D eigenvalue weighted by molar-refractivity contribution is 5.76. The number of unbranched alkanes of at least 4 members (excludes halogenated alkanes) is 1. The molecule has 0 aromatic heterocycles. The molecule has 0 heterocycles. The van der Waals surface area contributed by atoms with Crippen molar-refractivity contribution in [1.29, 1.82) is 0 Å². The Morgan fingerprint density at radius 2 is 1.86 bits per heavy atom. The first-order valence-electron chi connectivity index (χ1n) is 7.85. The number of nitrogens with one attached hydrogen (secondary N) is 1. The first-order valence-corrected chi connectivity index (χ1v) is 7.85. The Morgan fingerprint density at radius 1 is 1.05 bits per heavy atom. The van der Waals surface area contributed by atoms with Crippen molar-refractivity contribution in [2.24, 2.45) is 0 Å². The standard InChI is InChI=1S/C19H23NO/c1-14(20-10-4-5-11-21)15-8-9-19-17(12-15)13-16-6-2-3-7-18(16)19/h2-3,6-9,12,14,20-21H,4-5,10-11,13H2,1H3. The Morgan fingerprint density at radius 3 is 2.71 bits per heavy atom. The summed E-state index contributed by atoms with van der Waals surface area (Å²) in [6.07, 6.45) is 2.95. The highest BCUT2D eigenvalue weighted by atomic mass is 16.2. The normalized spacial score (nSPS) is 13.8. The number of hydrogen-bond acceptors (Lipinski definition) is 2. The molecule has 1 aliphatic rings. The van der Waals surface area contributed by atoms with Gasteiger partial charge in [0.25, 0.3) is 0 Å². The SMILES string of the molecule is CC(NCCCCO)c1ccc2c(c1)Cc1ccccc1-2. The van der Waals surface area contributed by atoms with Gasteiger partial charge in [-0.3, -0.25) is 0 Å². The Labute approximate surface area is 126 Å². The molecule has 21 heavy (non-hydrogen) atoms. The van der Waals surface area contributed by atoms with Crippen LogP contribution in [0.3, 0.4) is 0 Å². The van der Waals surface area contributed by atoms with Crippen molar-refractivity contribution in [2.45, 2.75) is 32.2 Å². The van der Waals surface area contributed by atoms with Crippen LogP contribution in [-0.4, -0.2) is 18.3 Å². The maximum absolute atomic E-state index is 8.81. The fraction of sp³-hybridized carbons (Fsp3) is 0.368. The van der Waals surface area contributed by atoms with Gasteiger partial charge in [0.05, 0.1) is 0 Å². The van der Waals surface area contributed by atoms with Crippen LogP contribution in [0.4, 0.5) is 0 Å². The summed E-state index contributed by atoms with van der Waals surface area (Å²) >= 11 is 0. The van der Waals surface area contributed by atoms with Gasteiger partial charge in [-0.1, -0.05) is 42.5 Å². The van der Waals surface area contributed by atoms with Crippen molar-refractivity contribution in [3.05, 3.63) is 59.2 Å². The number of fused-ring (bicyclic) bond motifs is 3. The van der Waals surface area contributed by atoms with E-state index in [4.69, 9.17) is 5.11 Å². The van der Waals surface area contributed by atoms with Gasteiger partial charge in [0, 0.05) is 12.6 Å². The first-order chi connectivity index (χ1) is 10.3. The predicted molar refractivity (Wildman–Crippen MR) is 87.4 cm³/mol. The summed E-state index contributed by atoms with van der Waals surface area (Å²) in [6.45, 7) is 3.45. The van der Waals surface area contributed by atoms with E-state index in [0.29, 0.717) is 6.04 Å². The lowest BCUT2D eigenvalue weighted by Gasteiger charge is -2.15. The van der Waals surface area contributed by atoms with Crippen LogP contribution in [0.5, 0.6) is 0 Å². The molecule has 0 fully saturated rings. The molecule has 110 valence electrons. The van der Waals surface area contributed by atoms with Crippen LogP contribution in [0.2, 0.25) is 0 Å². The van der Waals surface area contributed by atoms with Gasteiger partial charge in [0.2, 0.25) is 0 Å². The molecule has 1 aliphatic carbocycles. The van der Waals surface area contributed by atoms with Crippen LogP contribution in [-0.2, 0) is 6.42 Å². The third-order valence-electron chi connectivity index (χ3n) is 4.35. The maximum atomic E-state index is 8.81. The van der Waals surface area contributed by atoms with E-state index in [0.717, 1.165) is 25.8 Å². The molecule has 2 heteroatoms. The van der Waals surface area contributed by atoms with E-state index in [1.807, 2.05) is 0 Å². The molecule has 0 spiro atoms. The lowest BCUT2D eigenvalue weighted by Crippen LogP contribution is -2.20. The van der Waals surface area contributed by atoms with Gasteiger partial charge in [0.15, 0.2) is 0 Å². The molecule has 0 aliphatic heterocycles. The second-order valence-electron chi connectivity index (χ2n) is 5.86. The molecule has 0 saturated heterocycles. The smallest absolute Gasteiger partial charge is 0.0431 e. The number of rotatable bonds is 6. The van der Waals surface area contributed by atoms with Gasteiger partial charge in [-0.2, -0.15) is 0 Å². The van der Waals surface area contributed by atoms with Gasteiger partial charge in [-0.05, 0) is 60.5 Å². The maximum Gasteiger partial charge on any atom is 0.0431 e. The highest BCUT2D eigenvalue weighted by Gasteiger charge is 2.18. The van der Waals surface area contributed by atoms with E-state index in [1.165, 1.54) is 27.8 Å². The fourth-order valence-electron chi connectivity index (χ4n) is 3.11. The van der Waals surface area contributed by atoms with Crippen molar-refractivity contribution < 1.29 is 5.11 Å². The van der Waals surface area contributed by atoms with E-state index in [-0.39, 0.29) is 6.61 Å². The third kappa shape index (κ3) is 3.02. The molecule has 2 nitrogen and oxygen atoms in total. The molecular formula is C19H23NO. The Bertz CT molecular complexity index is 621. The zero-order valence-corrected chi connectivity index (χ0v) is 12.6. The average molecular weight is 281 g/mol. The summed E-state index contributed by atoms with van der Waals surface area (Å²) in [5.74, 6) is 0. The Balaban J connectivity index is 1.71. The summed E-state index contributed by atoms with van der Waals surface area (Å²) in [6, 6.07) is 15.9. The number of hydrogen-bond donors (Lipinski definition) is 2. The van der Waals surface area contributed by atoms with E-state index in [9.17, 15) is 0 Å². The lowest BCUT2D eigenvalue weighted by molar-refractivity contribution is 0.283. The molecular weight excluding hydrogens is 258 g/mol. The summed E-state index contributed by atoms with van der Waals surface area (Å²) in [5, 5.41) is 12.3.